The molecule has 0 radical (unpaired) electrons. The molecule has 0 atom stereocenters. The van der Waals surface area contributed by atoms with E-state index in [1.54, 1.807) is 6.07 Å². The number of aromatic nitrogens is 3. The fourth-order valence-corrected chi connectivity index (χ4v) is 4.01. The van der Waals surface area contributed by atoms with Gasteiger partial charge in [0.15, 0.2) is 0 Å². The van der Waals surface area contributed by atoms with Crippen LogP contribution in [0.25, 0.3) is 22.8 Å². The summed E-state index contributed by atoms with van der Waals surface area (Å²) in [4.78, 5) is 9.75. The molecule has 0 unspecified atom stereocenters. The Morgan fingerprint density at radius 1 is 0.933 bits per heavy atom. The van der Waals surface area contributed by atoms with Crippen LogP contribution in [-0.4, -0.2) is 19.6 Å². The highest BCUT2D eigenvalue weighted by Crippen LogP contribution is 2.39. The quantitative estimate of drug-likeness (QED) is 0.506. The molecule has 0 bridgehead atoms. The molecule has 5 rings (SSSR count). The monoisotopic (exact) mass is 397 g/mol. The summed E-state index contributed by atoms with van der Waals surface area (Å²) in [6.45, 7) is 3.34. The van der Waals surface area contributed by atoms with Crippen molar-refractivity contribution in [2.75, 3.05) is 0 Å². The van der Waals surface area contributed by atoms with E-state index in [9.17, 15) is 5.11 Å². The van der Waals surface area contributed by atoms with Crippen LogP contribution in [0.5, 0.6) is 11.5 Å². The number of benzene rings is 2. The van der Waals surface area contributed by atoms with E-state index < -0.39 is 0 Å². The highest BCUT2D eigenvalue weighted by atomic mass is 16.5. The van der Waals surface area contributed by atoms with Gasteiger partial charge in [-0.25, -0.2) is 9.97 Å². The summed E-state index contributed by atoms with van der Waals surface area (Å²) in [5, 5.41) is 10.4. The molecular formula is C25H23N3O2. The van der Waals surface area contributed by atoms with Gasteiger partial charge >= 0.3 is 0 Å². The number of imidazole rings is 1. The van der Waals surface area contributed by atoms with Crippen LogP contribution < -0.4 is 4.74 Å². The maximum absolute atomic E-state index is 10.4. The van der Waals surface area contributed by atoms with Crippen molar-refractivity contribution >= 4 is 0 Å². The van der Waals surface area contributed by atoms with Gasteiger partial charge in [-0.05, 0) is 49.6 Å². The van der Waals surface area contributed by atoms with Crippen LogP contribution in [0.15, 0.2) is 66.7 Å². The Kier molecular flexibility index (Phi) is 4.71. The third-order valence-corrected chi connectivity index (χ3v) is 5.47. The maximum Gasteiger partial charge on any atom is 0.147 e. The van der Waals surface area contributed by atoms with Crippen LogP contribution in [0.3, 0.4) is 0 Å². The van der Waals surface area contributed by atoms with E-state index in [2.05, 4.69) is 4.57 Å². The smallest absolute Gasteiger partial charge is 0.147 e. The number of phenols is 1. The molecule has 0 aliphatic carbocycles. The van der Waals surface area contributed by atoms with Gasteiger partial charge in [-0.2, -0.15) is 0 Å². The Balaban J connectivity index is 1.58. The van der Waals surface area contributed by atoms with E-state index in [0.717, 1.165) is 64.9 Å². The minimum Gasteiger partial charge on any atom is -0.507 e. The summed E-state index contributed by atoms with van der Waals surface area (Å²) in [5.74, 6) is 1.75. The minimum atomic E-state index is 0.238. The Labute approximate surface area is 175 Å². The number of fused-ring (bicyclic) bond motifs is 1. The second-order valence-electron chi connectivity index (χ2n) is 7.58. The van der Waals surface area contributed by atoms with Crippen LogP contribution in [0.2, 0.25) is 0 Å². The van der Waals surface area contributed by atoms with E-state index in [1.807, 2.05) is 67.6 Å². The molecule has 1 aliphatic heterocycles. The predicted octanol–water partition coefficient (Wildman–Crippen LogP) is 5.15. The SMILES string of the molecule is Cc1ccc(OCc2ccccc2)c(-c2nc(-c3ccccc3O)n3c2CCC3)n1. The topological polar surface area (TPSA) is 60.2 Å². The third kappa shape index (κ3) is 3.32. The number of phenolic OH excluding ortho intramolecular Hbond substituents is 1. The summed E-state index contributed by atoms with van der Waals surface area (Å²) >= 11 is 0. The molecule has 5 heteroatoms. The number of aromatic hydroxyl groups is 1. The van der Waals surface area contributed by atoms with Crippen molar-refractivity contribution in [1.82, 2.24) is 14.5 Å². The van der Waals surface area contributed by atoms with E-state index in [4.69, 9.17) is 14.7 Å². The largest absolute Gasteiger partial charge is 0.507 e. The summed E-state index contributed by atoms with van der Waals surface area (Å²) in [6, 6.07) is 21.4. The first-order chi connectivity index (χ1) is 14.7. The first-order valence-electron chi connectivity index (χ1n) is 10.2. The molecule has 2 aromatic heterocycles. The Morgan fingerprint density at radius 2 is 1.73 bits per heavy atom. The van der Waals surface area contributed by atoms with Gasteiger partial charge in [0.05, 0.1) is 5.56 Å². The second-order valence-corrected chi connectivity index (χ2v) is 7.58. The molecule has 30 heavy (non-hydrogen) atoms. The number of rotatable bonds is 5. The molecule has 1 aliphatic rings. The summed E-state index contributed by atoms with van der Waals surface area (Å²) in [7, 11) is 0. The standard InChI is InChI=1S/C25H23N3O2/c1-17-13-14-22(30-16-18-8-3-2-4-9-18)24(26-17)23-20-11-7-15-28(20)25(27-23)19-10-5-6-12-21(19)29/h2-6,8-10,12-14,29H,7,11,15-16H2,1H3. The van der Waals surface area contributed by atoms with Crippen molar-refractivity contribution in [3.05, 3.63) is 83.7 Å². The number of aryl methyl sites for hydroxylation is 1. The maximum atomic E-state index is 10.4. The number of para-hydroxylation sites is 1. The first-order valence-corrected chi connectivity index (χ1v) is 10.2. The lowest BCUT2D eigenvalue weighted by Gasteiger charge is -2.11. The van der Waals surface area contributed by atoms with Gasteiger partial charge in [0.1, 0.15) is 35.3 Å². The number of pyridine rings is 1. The van der Waals surface area contributed by atoms with Gasteiger partial charge in [0.2, 0.25) is 0 Å². The van der Waals surface area contributed by atoms with Gasteiger partial charge in [0, 0.05) is 17.9 Å². The Bertz CT molecular complexity index is 1200. The van der Waals surface area contributed by atoms with E-state index in [-0.39, 0.29) is 5.75 Å². The van der Waals surface area contributed by atoms with Crippen molar-refractivity contribution in [3.8, 4) is 34.3 Å². The van der Waals surface area contributed by atoms with Crippen molar-refractivity contribution in [1.29, 1.82) is 0 Å². The zero-order valence-electron chi connectivity index (χ0n) is 16.9. The number of nitrogens with zero attached hydrogens (tertiary/aromatic N) is 3. The molecule has 5 nitrogen and oxygen atoms in total. The van der Waals surface area contributed by atoms with Crippen LogP contribution >= 0.6 is 0 Å². The van der Waals surface area contributed by atoms with E-state index in [0.29, 0.717) is 6.61 Å². The fraction of sp³-hybridized carbons (Fsp3) is 0.200. The highest BCUT2D eigenvalue weighted by molar-refractivity contribution is 5.73. The lowest BCUT2D eigenvalue weighted by Crippen LogP contribution is -2.00. The average Bonchev–Trinajstić information content (AvgIpc) is 3.37. The van der Waals surface area contributed by atoms with Crippen LogP contribution in [0.1, 0.15) is 23.4 Å². The van der Waals surface area contributed by atoms with Crippen LogP contribution in [0.4, 0.5) is 0 Å². The van der Waals surface area contributed by atoms with Gasteiger partial charge in [-0.1, -0.05) is 42.5 Å². The molecule has 150 valence electrons. The normalized spacial score (nSPS) is 12.7. The lowest BCUT2D eigenvalue weighted by molar-refractivity contribution is 0.306. The van der Waals surface area contributed by atoms with Crippen molar-refractivity contribution in [3.63, 3.8) is 0 Å². The molecule has 4 aromatic rings. The fourth-order valence-electron chi connectivity index (χ4n) is 4.01. The van der Waals surface area contributed by atoms with Crippen molar-refractivity contribution in [2.45, 2.75) is 32.9 Å². The van der Waals surface area contributed by atoms with E-state index >= 15 is 0 Å². The average molecular weight is 397 g/mol. The predicted molar refractivity (Wildman–Crippen MR) is 116 cm³/mol. The highest BCUT2D eigenvalue weighted by Gasteiger charge is 2.27. The van der Waals surface area contributed by atoms with Crippen molar-refractivity contribution in [2.24, 2.45) is 0 Å². The number of hydrogen-bond donors (Lipinski definition) is 1. The molecule has 3 heterocycles. The van der Waals surface area contributed by atoms with Gasteiger partial charge < -0.3 is 14.4 Å². The first kappa shape index (κ1) is 18.4. The number of hydrogen-bond acceptors (Lipinski definition) is 4. The molecule has 0 saturated carbocycles. The van der Waals surface area contributed by atoms with Gasteiger partial charge in [0.25, 0.3) is 0 Å². The Morgan fingerprint density at radius 3 is 2.57 bits per heavy atom. The molecule has 0 fully saturated rings. The van der Waals surface area contributed by atoms with Crippen LogP contribution in [-0.2, 0) is 19.6 Å². The second kappa shape index (κ2) is 7.67. The summed E-state index contributed by atoms with van der Waals surface area (Å²) < 4.78 is 8.37. The molecular weight excluding hydrogens is 374 g/mol. The summed E-state index contributed by atoms with van der Waals surface area (Å²) in [5.41, 5.74) is 5.52. The Hall–Kier alpha value is -3.60. The van der Waals surface area contributed by atoms with E-state index in [1.165, 1.54) is 0 Å². The molecule has 0 spiro atoms. The molecule has 0 amide bonds. The zero-order chi connectivity index (χ0) is 20.5. The van der Waals surface area contributed by atoms with Gasteiger partial charge in [-0.3, -0.25) is 0 Å². The molecule has 2 aromatic carbocycles. The molecule has 1 N–H and O–H groups in total. The van der Waals surface area contributed by atoms with Crippen LogP contribution in [0, 0.1) is 6.92 Å². The third-order valence-electron chi connectivity index (χ3n) is 5.47. The minimum absolute atomic E-state index is 0.238. The zero-order valence-corrected chi connectivity index (χ0v) is 16.9. The molecule has 0 saturated heterocycles. The van der Waals surface area contributed by atoms with Crippen molar-refractivity contribution < 1.29 is 9.84 Å². The lowest BCUT2D eigenvalue weighted by atomic mass is 10.1. The summed E-state index contributed by atoms with van der Waals surface area (Å²) in [6.07, 6.45) is 1.99. The van der Waals surface area contributed by atoms with Gasteiger partial charge in [-0.15, -0.1) is 0 Å². The number of ether oxygens (including phenoxy) is 1.